The molecule has 5 rings (SSSR count). The molecule has 14 atom stereocenters. The standard InChI is InChI=1S/C26H35ClO10/c1-7-8-13(29)34-16-9(2)14-21(33-12(5)28)26(32)11(4)24(31)37-22(26)15(27)10(3)17-18(35-17)20(30)25(14,6)23-19(16)36-23/h9,11,14-23,30,32H,3,7-8H2,1-2,4-6H3/t9-,11+,14-,15-,16-,17-,18-,19+,20+,21+,22+,23+,25+,26-/m1/s1. The van der Waals surface area contributed by atoms with Gasteiger partial charge in [-0.2, -0.15) is 0 Å². The number of esters is 3. The number of aliphatic hydroxyl groups is 2. The zero-order chi connectivity index (χ0) is 27.2. The van der Waals surface area contributed by atoms with Gasteiger partial charge in [-0.25, -0.2) is 0 Å². The van der Waals surface area contributed by atoms with Crippen molar-refractivity contribution in [1.29, 1.82) is 0 Å². The molecule has 0 amide bonds. The third-order valence-corrected chi connectivity index (χ3v) is 9.78. The summed E-state index contributed by atoms with van der Waals surface area (Å²) in [5, 5.41) is 23.0. The van der Waals surface area contributed by atoms with E-state index in [1.54, 1.807) is 6.92 Å². The van der Waals surface area contributed by atoms with Crippen molar-refractivity contribution in [3.05, 3.63) is 12.2 Å². The molecule has 0 aromatic heterocycles. The highest BCUT2D eigenvalue weighted by atomic mass is 35.5. The number of carbonyl (C=O) groups is 3. The summed E-state index contributed by atoms with van der Waals surface area (Å²) in [6.07, 6.45) is -6.05. The maximum absolute atomic E-state index is 12.9. The first-order valence-electron chi connectivity index (χ1n) is 12.9. The van der Waals surface area contributed by atoms with E-state index in [0.717, 1.165) is 0 Å². The van der Waals surface area contributed by atoms with E-state index in [4.69, 9.17) is 35.3 Å². The molecule has 0 spiro atoms. The molecule has 10 nitrogen and oxygen atoms in total. The number of alkyl halides is 1. The first kappa shape index (κ1) is 26.9. The summed E-state index contributed by atoms with van der Waals surface area (Å²) in [7, 11) is 0. The lowest BCUT2D eigenvalue weighted by atomic mass is 9.53. The Hall–Kier alpha value is -1.72. The number of ether oxygens (including phenoxy) is 5. The molecule has 0 bridgehead atoms. The minimum absolute atomic E-state index is 0.220. The normalized spacial score (nSPS) is 52.0. The van der Waals surface area contributed by atoms with E-state index in [1.807, 2.05) is 13.8 Å². The van der Waals surface area contributed by atoms with Crippen molar-refractivity contribution < 1.29 is 48.3 Å². The van der Waals surface area contributed by atoms with Crippen LogP contribution in [0.1, 0.15) is 47.5 Å². The van der Waals surface area contributed by atoms with E-state index >= 15 is 0 Å². The Balaban J connectivity index is 1.67. The number of aliphatic hydroxyl groups excluding tert-OH is 1. The van der Waals surface area contributed by atoms with Crippen molar-refractivity contribution >= 4 is 29.5 Å². The fourth-order valence-corrected chi connectivity index (χ4v) is 7.53. The van der Waals surface area contributed by atoms with Crippen LogP contribution >= 0.6 is 11.6 Å². The fraction of sp³-hybridized carbons (Fsp3) is 0.808. The van der Waals surface area contributed by atoms with Gasteiger partial charge in [0, 0.05) is 30.6 Å². The van der Waals surface area contributed by atoms with Gasteiger partial charge in [0.25, 0.3) is 0 Å². The Bertz CT molecular complexity index is 1020. The molecule has 3 aliphatic heterocycles. The van der Waals surface area contributed by atoms with Gasteiger partial charge >= 0.3 is 17.9 Å². The van der Waals surface area contributed by atoms with Crippen LogP contribution in [0.5, 0.6) is 0 Å². The molecule has 2 N–H and O–H groups in total. The summed E-state index contributed by atoms with van der Waals surface area (Å²) in [4.78, 5) is 37.9. The molecule has 11 heteroatoms. The predicted molar refractivity (Wildman–Crippen MR) is 127 cm³/mol. The highest BCUT2D eigenvalue weighted by Gasteiger charge is 2.77. The number of fused-ring (bicyclic) bond motifs is 5. The van der Waals surface area contributed by atoms with Gasteiger partial charge in [0.05, 0.1) is 23.5 Å². The topological polar surface area (TPSA) is 144 Å². The third-order valence-electron chi connectivity index (χ3n) is 9.27. The number of epoxide rings is 2. The Morgan fingerprint density at radius 3 is 2.46 bits per heavy atom. The van der Waals surface area contributed by atoms with Crippen molar-refractivity contribution in [2.75, 3.05) is 0 Å². The highest BCUT2D eigenvalue weighted by molar-refractivity contribution is 6.23. The van der Waals surface area contributed by atoms with Gasteiger partial charge in [0.1, 0.15) is 30.5 Å². The molecular formula is C26H35ClO10. The van der Waals surface area contributed by atoms with Gasteiger partial charge in [0.2, 0.25) is 0 Å². The molecular weight excluding hydrogens is 508 g/mol. The van der Waals surface area contributed by atoms with E-state index in [9.17, 15) is 24.6 Å². The molecule has 3 heterocycles. The molecule has 2 aliphatic carbocycles. The van der Waals surface area contributed by atoms with Gasteiger partial charge in [0.15, 0.2) is 11.7 Å². The minimum Gasteiger partial charge on any atom is -0.459 e. The van der Waals surface area contributed by atoms with Gasteiger partial charge in [-0.15, -0.1) is 11.6 Å². The zero-order valence-corrected chi connectivity index (χ0v) is 22.3. The first-order chi connectivity index (χ1) is 17.3. The molecule has 0 aromatic carbocycles. The molecule has 3 saturated heterocycles. The maximum Gasteiger partial charge on any atom is 0.312 e. The summed E-state index contributed by atoms with van der Waals surface area (Å²) < 4.78 is 29.2. The highest BCUT2D eigenvalue weighted by Crippen LogP contribution is 2.63. The lowest BCUT2D eigenvalue weighted by molar-refractivity contribution is -0.223. The van der Waals surface area contributed by atoms with Crippen LogP contribution in [0.25, 0.3) is 0 Å². The fourth-order valence-electron chi connectivity index (χ4n) is 7.15. The van der Waals surface area contributed by atoms with E-state index in [-0.39, 0.29) is 6.42 Å². The number of rotatable bonds is 4. The summed E-state index contributed by atoms with van der Waals surface area (Å²) in [5.41, 5.74) is -2.86. The number of carbonyl (C=O) groups excluding carboxylic acids is 3. The summed E-state index contributed by atoms with van der Waals surface area (Å²) >= 11 is 6.74. The van der Waals surface area contributed by atoms with Crippen LogP contribution in [0.4, 0.5) is 0 Å². The molecule has 0 aromatic rings. The van der Waals surface area contributed by atoms with Crippen LogP contribution in [-0.4, -0.2) is 87.9 Å². The van der Waals surface area contributed by atoms with Gasteiger partial charge in [-0.1, -0.05) is 27.4 Å². The monoisotopic (exact) mass is 542 g/mol. The number of hydrogen-bond acceptors (Lipinski definition) is 10. The minimum atomic E-state index is -2.08. The summed E-state index contributed by atoms with van der Waals surface area (Å²) in [6.45, 7) is 12.2. The van der Waals surface area contributed by atoms with Gasteiger partial charge < -0.3 is 33.9 Å². The van der Waals surface area contributed by atoms with Crippen LogP contribution in [0.2, 0.25) is 0 Å². The van der Waals surface area contributed by atoms with Crippen molar-refractivity contribution in [2.24, 2.45) is 23.2 Å². The quantitative estimate of drug-likeness (QED) is 0.175. The second-order valence-electron chi connectivity index (χ2n) is 11.4. The third kappa shape index (κ3) is 3.77. The van der Waals surface area contributed by atoms with Crippen molar-refractivity contribution in [2.45, 2.75) is 107 Å². The average molecular weight is 543 g/mol. The summed E-state index contributed by atoms with van der Waals surface area (Å²) in [6, 6.07) is 0. The van der Waals surface area contributed by atoms with Crippen LogP contribution in [0, 0.1) is 23.2 Å². The van der Waals surface area contributed by atoms with E-state index in [0.29, 0.717) is 12.0 Å². The van der Waals surface area contributed by atoms with Crippen LogP contribution in [0.3, 0.4) is 0 Å². The van der Waals surface area contributed by atoms with Crippen LogP contribution in [-0.2, 0) is 38.1 Å². The second kappa shape index (κ2) is 8.91. The molecule has 37 heavy (non-hydrogen) atoms. The van der Waals surface area contributed by atoms with E-state index in [2.05, 4.69) is 6.58 Å². The Kier molecular flexibility index (Phi) is 6.47. The molecule has 5 fully saturated rings. The van der Waals surface area contributed by atoms with Gasteiger partial charge in [-0.05, 0) is 18.9 Å². The van der Waals surface area contributed by atoms with Crippen LogP contribution < -0.4 is 0 Å². The number of halogens is 1. The zero-order valence-electron chi connectivity index (χ0n) is 21.6. The summed E-state index contributed by atoms with van der Waals surface area (Å²) in [5.74, 6) is -4.32. The maximum atomic E-state index is 12.9. The van der Waals surface area contributed by atoms with Crippen molar-refractivity contribution in [3.63, 3.8) is 0 Å². The second-order valence-corrected chi connectivity index (χ2v) is 11.9. The lowest BCUT2D eigenvalue weighted by Gasteiger charge is -2.54. The van der Waals surface area contributed by atoms with Crippen LogP contribution in [0.15, 0.2) is 12.2 Å². The van der Waals surface area contributed by atoms with Gasteiger partial charge in [-0.3, -0.25) is 14.4 Å². The Labute approximate surface area is 220 Å². The Morgan fingerprint density at radius 1 is 1.16 bits per heavy atom. The van der Waals surface area contributed by atoms with E-state index in [1.165, 1.54) is 13.8 Å². The largest absolute Gasteiger partial charge is 0.459 e. The van der Waals surface area contributed by atoms with Crippen molar-refractivity contribution in [3.8, 4) is 0 Å². The number of hydrogen-bond donors (Lipinski definition) is 2. The molecule has 0 radical (unpaired) electrons. The van der Waals surface area contributed by atoms with E-state index < -0.39 is 101 Å². The average Bonchev–Trinajstić information content (AvgIpc) is 3.75. The molecule has 206 valence electrons. The lowest BCUT2D eigenvalue weighted by Crippen LogP contribution is -2.69. The molecule has 0 unspecified atom stereocenters. The molecule has 5 aliphatic rings. The Morgan fingerprint density at radius 2 is 1.84 bits per heavy atom. The smallest absolute Gasteiger partial charge is 0.312 e. The van der Waals surface area contributed by atoms with Crippen molar-refractivity contribution in [1.82, 2.24) is 0 Å². The SMILES string of the molecule is C=C1[C@@H](Cl)[C@@H]2OC(=O)[C@H](C)[C@@]2(O)[C@@H](OC(C)=O)[C@H]2[C@@H](C)[C@@H](OC(=O)CCC)[C@@H]3O[C@@H]3[C@]2(C)[C@@H](O)[C@@H]2O[C@H]12. The predicted octanol–water partition coefficient (Wildman–Crippen LogP) is 1.27. The first-order valence-corrected chi connectivity index (χ1v) is 13.3. The molecule has 2 saturated carbocycles.